The van der Waals surface area contributed by atoms with E-state index in [1.54, 1.807) is 17.0 Å². The summed E-state index contributed by atoms with van der Waals surface area (Å²) in [5, 5.41) is 1.12. The highest BCUT2D eigenvalue weighted by molar-refractivity contribution is 7.91. The molecule has 0 saturated carbocycles. The number of benzene rings is 1. The zero-order valence-electron chi connectivity index (χ0n) is 13.1. The lowest BCUT2D eigenvalue weighted by atomic mass is 10.1. The summed E-state index contributed by atoms with van der Waals surface area (Å²) in [6.45, 7) is 2.58. The van der Waals surface area contributed by atoms with Crippen molar-refractivity contribution in [3.63, 3.8) is 0 Å². The summed E-state index contributed by atoms with van der Waals surface area (Å²) in [4.78, 5) is 14.3. The Bertz CT molecular complexity index is 676. The molecule has 23 heavy (non-hydrogen) atoms. The van der Waals surface area contributed by atoms with Crippen molar-refractivity contribution >= 4 is 38.9 Å². The van der Waals surface area contributed by atoms with Gasteiger partial charge < -0.3 is 4.90 Å². The SMILES string of the molecule is CCCN(C(=O)CCc1ccc(Cl)cc1Cl)C1CCS(=O)(=O)C1. The number of halogens is 2. The van der Waals surface area contributed by atoms with E-state index in [-0.39, 0.29) is 23.5 Å². The van der Waals surface area contributed by atoms with Crippen LogP contribution in [0.5, 0.6) is 0 Å². The van der Waals surface area contributed by atoms with Crippen LogP contribution in [0.3, 0.4) is 0 Å². The van der Waals surface area contributed by atoms with Gasteiger partial charge in [0.25, 0.3) is 0 Å². The number of carbonyl (C=O) groups excluding carboxylic acids is 1. The Morgan fingerprint density at radius 1 is 1.35 bits per heavy atom. The Morgan fingerprint density at radius 3 is 2.65 bits per heavy atom. The number of aryl methyl sites for hydroxylation is 1. The van der Waals surface area contributed by atoms with Crippen molar-refractivity contribution in [3.8, 4) is 0 Å². The largest absolute Gasteiger partial charge is 0.339 e. The summed E-state index contributed by atoms with van der Waals surface area (Å²) in [6.07, 6.45) is 2.19. The predicted octanol–water partition coefficient (Wildman–Crippen LogP) is 3.35. The molecular weight excluding hydrogens is 357 g/mol. The zero-order valence-corrected chi connectivity index (χ0v) is 15.4. The van der Waals surface area contributed by atoms with Gasteiger partial charge in [-0.05, 0) is 37.0 Å². The first-order chi connectivity index (χ1) is 10.8. The molecule has 1 aliphatic heterocycles. The Morgan fingerprint density at radius 2 is 2.09 bits per heavy atom. The quantitative estimate of drug-likeness (QED) is 0.763. The molecule has 1 aromatic carbocycles. The van der Waals surface area contributed by atoms with Crippen LogP contribution in [0.4, 0.5) is 0 Å². The highest BCUT2D eigenvalue weighted by Crippen LogP contribution is 2.23. The number of sulfone groups is 1. The number of hydrogen-bond acceptors (Lipinski definition) is 3. The summed E-state index contributed by atoms with van der Waals surface area (Å²) in [6, 6.07) is 5.05. The Balaban J connectivity index is 2.01. The van der Waals surface area contributed by atoms with E-state index in [9.17, 15) is 13.2 Å². The van der Waals surface area contributed by atoms with Crippen LogP contribution in [-0.2, 0) is 21.1 Å². The van der Waals surface area contributed by atoms with Gasteiger partial charge in [0.2, 0.25) is 5.91 Å². The third-order valence-corrected chi connectivity index (χ3v) is 6.39. The maximum Gasteiger partial charge on any atom is 0.223 e. The molecule has 0 aliphatic carbocycles. The number of nitrogens with zero attached hydrogens (tertiary/aromatic N) is 1. The lowest BCUT2D eigenvalue weighted by Gasteiger charge is -2.28. The standard InChI is InChI=1S/C16H21Cl2NO3S/c1-2-8-19(14-7-9-23(21,22)11-14)16(20)6-4-12-3-5-13(17)10-15(12)18/h3,5,10,14H,2,4,6-9,11H2,1H3. The molecule has 128 valence electrons. The molecular formula is C16H21Cl2NO3S. The van der Waals surface area contributed by atoms with Crippen LogP contribution in [0, 0.1) is 0 Å². The van der Waals surface area contributed by atoms with Gasteiger partial charge in [0, 0.05) is 29.1 Å². The predicted molar refractivity (Wildman–Crippen MR) is 93.8 cm³/mol. The van der Waals surface area contributed by atoms with Gasteiger partial charge in [-0.3, -0.25) is 4.79 Å². The van der Waals surface area contributed by atoms with Crippen molar-refractivity contribution < 1.29 is 13.2 Å². The first kappa shape index (κ1) is 18.6. The minimum atomic E-state index is -3.00. The van der Waals surface area contributed by atoms with Crippen LogP contribution in [0.15, 0.2) is 18.2 Å². The summed E-state index contributed by atoms with van der Waals surface area (Å²) in [5.41, 5.74) is 0.875. The molecule has 1 fully saturated rings. The second-order valence-electron chi connectivity index (χ2n) is 5.88. The first-order valence-electron chi connectivity index (χ1n) is 7.76. The fraction of sp³-hybridized carbons (Fsp3) is 0.562. The van der Waals surface area contributed by atoms with E-state index in [4.69, 9.17) is 23.2 Å². The highest BCUT2D eigenvalue weighted by atomic mass is 35.5. The maximum absolute atomic E-state index is 12.5. The van der Waals surface area contributed by atoms with E-state index < -0.39 is 9.84 Å². The Kier molecular flexibility index (Phi) is 6.34. The molecule has 7 heteroatoms. The van der Waals surface area contributed by atoms with Crippen LogP contribution in [0.1, 0.15) is 31.7 Å². The zero-order chi connectivity index (χ0) is 17.0. The van der Waals surface area contributed by atoms with Gasteiger partial charge in [-0.1, -0.05) is 36.2 Å². The van der Waals surface area contributed by atoms with E-state index in [1.807, 2.05) is 13.0 Å². The smallest absolute Gasteiger partial charge is 0.223 e. The van der Waals surface area contributed by atoms with Crippen LogP contribution < -0.4 is 0 Å². The van der Waals surface area contributed by atoms with Gasteiger partial charge in [0.05, 0.1) is 11.5 Å². The van der Waals surface area contributed by atoms with E-state index in [0.717, 1.165) is 12.0 Å². The lowest BCUT2D eigenvalue weighted by molar-refractivity contribution is -0.133. The maximum atomic E-state index is 12.5. The van der Waals surface area contributed by atoms with E-state index in [2.05, 4.69) is 0 Å². The van der Waals surface area contributed by atoms with Crippen LogP contribution >= 0.6 is 23.2 Å². The molecule has 1 saturated heterocycles. The molecule has 4 nitrogen and oxygen atoms in total. The Hall–Kier alpha value is -0.780. The molecule has 0 radical (unpaired) electrons. The van der Waals surface area contributed by atoms with Crippen molar-refractivity contribution in [1.82, 2.24) is 4.90 Å². The monoisotopic (exact) mass is 377 g/mol. The molecule has 1 aliphatic rings. The molecule has 0 bridgehead atoms. The number of amides is 1. The normalized spacial score (nSPS) is 19.7. The number of rotatable bonds is 6. The van der Waals surface area contributed by atoms with Crippen molar-refractivity contribution in [2.75, 3.05) is 18.1 Å². The first-order valence-corrected chi connectivity index (χ1v) is 10.3. The van der Waals surface area contributed by atoms with Crippen molar-refractivity contribution in [2.45, 2.75) is 38.6 Å². The Labute approximate surface area is 147 Å². The van der Waals surface area contributed by atoms with Gasteiger partial charge in [-0.2, -0.15) is 0 Å². The van der Waals surface area contributed by atoms with E-state index in [0.29, 0.717) is 35.9 Å². The highest BCUT2D eigenvalue weighted by Gasteiger charge is 2.33. The third kappa shape index (κ3) is 5.10. The summed E-state index contributed by atoms with van der Waals surface area (Å²) in [7, 11) is -3.00. The van der Waals surface area contributed by atoms with Crippen molar-refractivity contribution in [1.29, 1.82) is 0 Å². The molecule has 1 amide bonds. The molecule has 1 unspecified atom stereocenters. The molecule has 0 spiro atoms. The average Bonchev–Trinajstić information content (AvgIpc) is 2.83. The molecule has 1 heterocycles. The minimum Gasteiger partial charge on any atom is -0.339 e. The lowest BCUT2D eigenvalue weighted by Crippen LogP contribution is -2.41. The topological polar surface area (TPSA) is 54.5 Å². The van der Waals surface area contributed by atoms with Crippen LogP contribution in [0.2, 0.25) is 10.0 Å². The molecule has 1 atom stereocenters. The fourth-order valence-corrected chi connectivity index (χ4v) is 5.12. The number of hydrogen-bond donors (Lipinski definition) is 0. The van der Waals surface area contributed by atoms with E-state index >= 15 is 0 Å². The van der Waals surface area contributed by atoms with Gasteiger partial charge >= 0.3 is 0 Å². The minimum absolute atomic E-state index is 0.0139. The molecule has 1 aromatic rings. The van der Waals surface area contributed by atoms with Crippen molar-refractivity contribution in [3.05, 3.63) is 33.8 Å². The molecule has 0 aromatic heterocycles. The molecule has 2 rings (SSSR count). The van der Waals surface area contributed by atoms with Crippen molar-refractivity contribution in [2.24, 2.45) is 0 Å². The second-order valence-corrected chi connectivity index (χ2v) is 8.95. The van der Waals surface area contributed by atoms with Crippen LogP contribution in [-0.4, -0.2) is 43.3 Å². The van der Waals surface area contributed by atoms with E-state index in [1.165, 1.54) is 0 Å². The average molecular weight is 378 g/mol. The molecule has 0 N–H and O–H groups in total. The third-order valence-electron chi connectivity index (χ3n) is 4.06. The van der Waals surface area contributed by atoms with Gasteiger partial charge in [0.15, 0.2) is 9.84 Å². The number of carbonyl (C=O) groups is 1. The van der Waals surface area contributed by atoms with Gasteiger partial charge in [-0.15, -0.1) is 0 Å². The summed E-state index contributed by atoms with van der Waals surface area (Å²) >= 11 is 12.0. The van der Waals surface area contributed by atoms with Gasteiger partial charge in [-0.25, -0.2) is 8.42 Å². The second kappa shape index (κ2) is 7.86. The fourth-order valence-electron chi connectivity index (χ4n) is 2.88. The van der Waals surface area contributed by atoms with Gasteiger partial charge in [0.1, 0.15) is 0 Å². The summed E-state index contributed by atoms with van der Waals surface area (Å²) in [5.74, 6) is 0.245. The summed E-state index contributed by atoms with van der Waals surface area (Å²) < 4.78 is 23.3. The van der Waals surface area contributed by atoms with Crippen LogP contribution in [0.25, 0.3) is 0 Å².